The van der Waals surface area contributed by atoms with Gasteiger partial charge in [0.25, 0.3) is 0 Å². The molecule has 19 heavy (non-hydrogen) atoms. The molecule has 2 N–H and O–H groups in total. The van der Waals surface area contributed by atoms with E-state index in [-0.39, 0.29) is 18.4 Å². The van der Waals surface area contributed by atoms with Crippen LogP contribution in [-0.4, -0.2) is 4.98 Å². The zero-order chi connectivity index (χ0) is 12.4. The van der Waals surface area contributed by atoms with E-state index in [9.17, 15) is 0 Å². The highest BCUT2D eigenvalue weighted by Gasteiger charge is 2.14. The number of fused-ring (bicyclic) bond motifs is 1. The molecule has 0 aliphatic carbocycles. The first-order valence-corrected chi connectivity index (χ1v) is 5.98. The van der Waals surface area contributed by atoms with E-state index in [0.29, 0.717) is 5.89 Å². The van der Waals surface area contributed by atoms with E-state index in [1.165, 1.54) is 5.56 Å². The van der Waals surface area contributed by atoms with Crippen LogP contribution >= 0.6 is 12.4 Å². The Bertz CT molecular complexity index is 618. The fourth-order valence-electron chi connectivity index (χ4n) is 2.00. The predicted molar refractivity (Wildman–Crippen MR) is 78.3 cm³/mol. The van der Waals surface area contributed by atoms with Gasteiger partial charge in [-0.3, -0.25) is 0 Å². The number of benzene rings is 2. The van der Waals surface area contributed by atoms with Gasteiger partial charge in [-0.25, -0.2) is 4.98 Å². The highest BCUT2D eigenvalue weighted by Crippen LogP contribution is 2.21. The Morgan fingerprint density at radius 1 is 1.00 bits per heavy atom. The lowest BCUT2D eigenvalue weighted by Crippen LogP contribution is -2.13. The van der Waals surface area contributed by atoms with Gasteiger partial charge in [0.05, 0.1) is 6.04 Å². The molecule has 0 aliphatic heterocycles. The summed E-state index contributed by atoms with van der Waals surface area (Å²) in [6.45, 7) is 0. The van der Waals surface area contributed by atoms with Crippen molar-refractivity contribution in [2.75, 3.05) is 0 Å². The smallest absolute Gasteiger partial charge is 0.212 e. The summed E-state index contributed by atoms with van der Waals surface area (Å²) >= 11 is 0. The van der Waals surface area contributed by atoms with E-state index in [0.717, 1.165) is 17.5 Å². The SMILES string of the molecule is Cl.NC(Cc1ccccc1)c1nc2ccccc2o1. The first-order valence-electron chi connectivity index (χ1n) is 5.98. The van der Waals surface area contributed by atoms with Crippen LogP contribution in [0.15, 0.2) is 59.0 Å². The standard InChI is InChI=1S/C15H14N2O.ClH/c16-12(10-11-6-2-1-3-7-11)15-17-13-8-4-5-9-14(13)18-15;/h1-9,12H,10,16H2;1H. The third kappa shape index (κ3) is 2.95. The fraction of sp³-hybridized carbons (Fsp3) is 0.133. The molecule has 0 aliphatic rings. The molecule has 98 valence electrons. The van der Waals surface area contributed by atoms with Crippen molar-refractivity contribution < 1.29 is 4.42 Å². The molecule has 1 aromatic heterocycles. The number of rotatable bonds is 3. The van der Waals surface area contributed by atoms with Gasteiger partial charge in [0, 0.05) is 0 Å². The van der Waals surface area contributed by atoms with Gasteiger partial charge in [-0.15, -0.1) is 12.4 Å². The second-order valence-corrected chi connectivity index (χ2v) is 4.32. The number of aromatic nitrogens is 1. The van der Waals surface area contributed by atoms with Gasteiger partial charge in [0.1, 0.15) is 5.52 Å². The summed E-state index contributed by atoms with van der Waals surface area (Å²) in [7, 11) is 0. The predicted octanol–water partition coefficient (Wildman–Crippen LogP) is 3.49. The van der Waals surface area contributed by atoms with Gasteiger partial charge in [0.2, 0.25) is 5.89 Å². The lowest BCUT2D eigenvalue weighted by atomic mass is 10.1. The average Bonchev–Trinajstić information content (AvgIpc) is 2.84. The topological polar surface area (TPSA) is 52.0 Å². The quantitative estimate of drug-likeness (QED) is 0.795. The molecule has 1 atom stereocenters. The molecule has 3 nitrogen and oxygen atoms in total. The number of nitrogens with zero attached hydrogens (tertiary/aromatic N) is 1. The van der Waals surface area contributed by atoms with Crippen molar-refractivity contribution in [1.29, 1.82) is 0 Å². The molecule has 3 rings (SSSR count). The number of para-hydroxylation sites is 2. The van der Waals surface area contributed by atoms with E-state index >= 15 is 0 Å². The minimum Gasteiger partial charge on any atom is -0.439 e. The second kappa shape index (κ2) is 5.87. The maximum atomic E-state index is 6.13. The van der Waals surface area contributed by atoms with Crippen LogP contribution in [-0.2, 0) is 6.42 Å². The lowest BCUT2D eigenvalue weighted by molar-refractivity contribution is 0.474. The summed E-state index contributed by atoms with van der Waals surface area (Å²) < 4.78 is 5.67. The van der Waals surface area contributed by atoms with Crippen LogP contribution in [0.25, 0.3) is 11.1 Å². The molecule has 1 unspecified atom stereocenters. The van der Waals surface area contributed by atoms with Crippen molar-refractivity contribution in [3.8, 4) is 0 Å². The highest BCUT2D eigenvalue weighted by atomic mass is 35.5. The van der Waals surface area contributed by atoms with Crippen LogP contribution in [0, 0.1) is 0 Å². The monoisotopic (exact) mass is 274 g/mol. The number of hydrogen-bond donors (Lipinski definition) is 1. The molecule has 0 bridgehead atoms. The first-order chi connectivity index (χ1) is 8.83. The van der Waals surface area contributed by atoms with E-state index < -0.39 is 0 Å². The highest BCUT2D eigenvalue weighted by molar-refractivity contribution is 5.85. The molecular weight excluding hydrogens is 260 g/mol. The Balaban J connectivity index is 0.00000133. The van der Waals surface area contributed by atoms with Crippen molar-refractivity contribution in [1.82, 2.24) is 4.98 Å². The summed E-state index contributed by atoms with van der Waals surface area (Å²) in [5, 5.41) is 0. The largest absolute Gasteiger partial charge is 0.439 e. The van der Waals surface area contributed by atoms with E-state index in [2.05, 4.69) is 17.1 Å². The van der Waals surface area contributed by atoms with Crippen LogP contribution in [0.2, 0.25) is 0 Å². The summed E-state index contributed by atoms with van der Waals surface area (Å²) in [4.78, 5) is 4.42. The van der Waals surface area contributed by atoms with Crippen LogP contribution < -0.4 is 5.73 Å². The minimum atomic E-state index is -0.209. The Morgan fingerprint density at radius 3 is 2.42 bits per heavy atom. The Morgan fingerprint density at radius 2 is 1.68 bits per heavy atom. The number of hydrogen-bond acceptors (Lipinski definition) is 3. The third-order valence-corrected chi connectivity index (χ3v) is 2.93. The molecule has 0 saturated heterocycles. The fourth-order valence-corrected chi connectivity index (χ4v) is 2.00. The van der Waals surface area contributed by atoms with Crippen molar-refractivity contribution >= 4 is 23.5 Å². The average molecular weight is 275 g/mol. The van der Waals surface area contributed by atoms with Crippen molar-refractivity contribution in [3.63, 3.8) is 0 Å². The summed E-state index contributed by atoms with van der Waals surface area (Å²) in [5.41, 5.74) is 8.97. The van der Waals surface area contributed by atoms with Gasteiger partial charge in [-0.05, 0) is 24.1 Å². The Kier molecular flexibility index (Phi) is 4.20. The molecule has 4 heteroatoms. The lowest BCUT2D eigenvalue weighted by Gasteiger charge is -2.06. The molecule has 0 amide bonds. The molecule has 0 radical (unpaired) electrons. The first kappa shape index (κ1) is 13.6. The molecule has 0 saturated carbocycles. The molecule has 2 aromatic carbocycles. The van der Waals surface area contributed by atoms with Crippen molar-refractivity contribution in [2.24, 2.45) is 5.73 Å². The van der Waals surface area contributed by atoms with Crippen molar-refractivity contribution in [3.05, 3.63) is 66.1 Å². The molecule has 1 heterocycles. The Labute approximate surface area is 117 Å². The zero-order valence-corrected chi connectivity index (χ0v) is 11.1. The number of oxazole rings is 1. The van der Waals surface area contributed by atoms with Gasteiger partial charge in [-0.2, -0.15) is 0 Å². The number of nitrogens with two attached hydrogens (primary N) is 1. The normalized spacial score (nSPS) is 12.1. The van der Waals surface area contributed by atoms with Gasteiger partial charge in [0.15, 0.2) is 5.58 Å². The minimum absolute atomic E-state index is 0. The number of halogens is 1. The van der Waals surface area contributed by atoms with Gasteiger partial charge < -0.3 is 10.2 Å². The van der Waals surface area contributed by atoms with Crippen LogP contribution in [0.3, 0.4) is 0 Å². The Hall–Kier alpha value is -1.84. The maximum Gasteiger partial charge on any atom is 0.212 e. The zero-order valence-electron chi connectivity index (χ0n) is 10.3. The summed E-state index contributed by atoms with van der Waals surface area (Å²) in [6.07, 6.45) is 0.730. The van der Waals surface area contributed by atoms with Crippen LogP contribution in [0.5, 0.6) is 0 Å². The van der Waals surface area contributed by atoms with Gasteiger partial charge >= 0.3 is 0 Å². The summed E-state index contributed by atoms with van der Waals surface area (Å²) in [6, 6.07) is 17.6. The molecule has 3 aromatic rings. The van der Waals surface area contributed by atoms with E-state index in [4.69, 9.17) is 10.2 Å². The van der Waals surface area contributed by atoms with E-state index in [1.54, 1.807) is 0 Å². The van der Waals surface area contributed by atoms with Crippen LogP contribution in [0.4, 0.5) is 0 Å². The second-order valence-electron chi connectivity index (χ2n) is 4.32. The van der Waals surface area contributed by atoms with E-state index in [1.807, 2.05) is 42.5 Å². The van der Waals surface area contributed by atoms with Crippen LogP contribution in [0.1, 0.15) is 17.5 Å². The maximum absolute atomic E-state index is 6.13. The molecular formula is C15H15ClN2O. The van der Waals surface area contributed by atoms with Gasteiger partial charge in [-0.1, -0.05) is 42.5 Å². The third-order valence-electron chi connectivity index (χ3n) is 2.93. The van der Waals surface area contributed by atoms with Crippen molar-refractivity contribution in [2.45, 2.75) is 12.5 Å². The molecule has 0 spiro atoms. The summed E-state index contributed by atoms with van der Waals surface area (Å²) in [5.74, 6) is 0.597. The molecule has 0 fully saturated rings.